The molecule has 2 atom stereocenters. The highest BCUT2D eigenvalue weighted by atomic mass is 19.1. The quantitative estimate of drug-likeness (QED) is 0.693. The number of carbonyl (C=O) groups is 1. The average molecular weight is 353 g/mol. The SMILES string of the molecule is Cc1c(F)cccc1-c1cc(N)c2cnc(NC(=O)[C@H]3C[C@H]3F)cc2c1. The number of nitrogens with two attached hydrogens (primary N) is 1. The lowest BCUT2D eigenvalue weighted by molar-refractivity contribution is -0.117. The lowest BCUT2D eigenvalue weighted by atomic mass is 9.97. The van der Waals surface area contributed by atoms with Crippen molar-refractivity contribution in [3.63, 3.8) is 0 Å². The first-order valence-electron chi connectivity index (χ1n) is 8.34. The maximum Gasteiger partial charge on any atom is 0.231 e. The van der Waals surface area contributed by atoms with Gasteiger partial charge in [-0.3, -0.25) is 4.79 Å². The monoisotopic (exact) mass is 353 g/mol. The van der Waals surface area contributed by atoms with Crippen molar-refractivity contribution in [2.45, 2.75) is 19.5 Å². The zero-order chi connectivity index (χ0) is 18.4. The topological polar surface area (TPSA) is 68.0 Å². The zero-order valence-corrected chi connectivity index (χ0v) is 14.1. The molecule has 3 N–H and O–H groups in total. The van der Waals surface area contributed by atoms with Crippen molar-refractivity contribution in [3.05, 3.63) is 54.0 Å². The molecule has 4 nitrogen and oxygen atoms in total. The number of carbonyl (C=O) groups excluding carboxylic acids is 1. The maximum atomic E-state index is 13.9. The van der Waals surface area contributed by atoms with Gasteiger partial charge in [-0.05, 0) is 59.7 Å². The Bertz CT molecular complexity index is 1030. The van der Waals surface area contributed by atoms with E-state index in [0.717, 1.165) is 21.9 Å². The Labute approximate surface area is 149 Å². The van der Waals surface area contributed by atoms with E-state index in [-0.39, 0.29) is 18.1 Å². The van der Waals surface area contributed by atoms with Gasteiger partial charge in [0.1, 0.15) is 17.8 Å². The van der Waals surface area contributed by atoms with E-state index in [1.807, 2.05) is 12.1 Å². The third-order valence-corrected chi connectivity index (χ3v) is 4.75. The summed E-state index contributed by atoms with van der Waals surface area (Å²) >= 11 is 0. The Hall–Kier alpha value is -3.02. The Balaban J connectivity index is 1.74. The van der Waals surface area contributed by atoms with Crippen LogP contribution in [0.4, 0.5) is 20.3 Å². The summed E-state index contributed by atoms with van der Waals surface area (Å²) in [6, 6.07) is 10.2. The number of rotatable bonds is 3. The summed E-state index contributed by atoms with van der Waals surface area (Å²) in [4.78, 5) is 16.1. The van der Waals surface area contributed by atoms with Crippen LogP contribution < -0.4 is 11.1 Å². The van der Waals surface area contributed by atoms with E-state index in [1.54, 1.807) is 31.3 Å². The Morgan fingerprint density at radius 3 is 2.81 bits per heavy atom. The number of hydrogen-bond donors (Lipinski definition) is 2. The molecule has 132 valence electrons. The molecule has 1 amide bonds. The van der Waals surface area contributed by atoms with E-state index in [2.05, 4.69) is 10.3 Å². The van der Waals surface area contributed by atoms with E-state index in [0.29, 0.717) is 17.1 Å². The van der Waals surface area contributed by atoms with Crippen LogP contribution in [0, 0.1) is 18.7 Å². The molecule has 2 aromatic carbocycles. The number of pyridine rings is 1. The molecular weight excluding hydrogens is 336 g/mol. The van der Waals surface area contributed by atoms with Crippen LogP contribution in [0.3, 0.4) is 0 Å². The lowest BCUT2D eigenvalue weighted by Gasteiger charge is -2.11. The summed E-state index contributed by atoms with van der Waals surface area (Å²) in [5.41, 5.74) is 8.72. The summed E-state index contributed by atoms with van der Waals surface area (Å²) in [7, 11) is 0. The minimum Gasteiger partial charge on any atom is -0.398 e. The number of amides is 1. The van der Waals surface area contributed by atoms with Crippen molar-refractivity contribution < 1.29 is 13.6 Å². The van der Waals surface area contributed by atoms with Crippen molar-refractivity contribution in [2.75, 3.05) is 11.1 Å². The fraction of sp³-hybridized carbons (Fsp3) is 0.200. The molecule has 6 heteroatoms. The third-order valence-electron chi connectivity index (χ3n) is 4.75. The van der Waals surface area contributed by atoms with Crippen LogP contribution in [-0.4, -0.2) is 17.1 Å². The molecule has 1 heterocycles. The number of benzene rings is 2. The fourth-order valence-corrected chi connectivity index (χ4v) is 3.08. The molecule has 0 bridgehead atoms. The van der Waals surface area contributed by atoms with Gasteiger partial charge in [0.05, 0.1) is 5.92 Å². The third kappa shape index (κ3) is 2.87. The first-order chi connectivity index (χ1) is 12.4. The molecular formula is C20H17F2N3O. The fourth-order valence-electron chi connectivity index (χ4n) is 3.08. The van der Waals surface area contributed by atoms with E-state index in [9.17, 15) is 13.6 Å². The normalized spacial score (nSPS) is 18.7. The van der Waals surface area contributed by atoms with Gasteiger partial charge in [-0.25, -0.2) is 13.8 Å². The predicted octanol–water partition coefficient (Wildman–Crippen LogP) is 4.23. The average Bonchev–Trinajstić information content (AvgIpc) is 3.34. The first-order valence-corrected chi connectivity index (χ1v) is 8.34. The van der Waals surface area contributed by atoms with Gasteiger partial charge in [0.15, 0.2) is 0 Å². The van der Waals surface area contributed by atoms with Crippen LogP contribution in [0.15, 0.2) is 42.6 Å². The minimum absolute atomic E-state index is 0.259. The van der Waals surface area contributed by atoms with Crippen LogP contribution in [0.1, 0.15) is 12.0 Å². The van der Waals surface area contributed by atoms with E-state index in [1.165, 1.54) is 6.07 Å². The molecule has 0 radical (unpaired) electrons. The molecule has 1 saturated carbocycles. The largest absolute Gasteiger partial charge is 0.398 e. The molecule has 1 aliphatic rings. The minimum atomic E-state index is -1.06. The smallest absolute Gasteiger partial charge is 0.231 e. The van der Waals surface area contributed by atoms with Gasteiger partial charge in [0.25, 0.3) is 0 Å². The highest BCUT2D eigenvalue weighted by Gasteiger charge is 2.43. The van der Waals surface area contributed by atoms with Crippen molar-refractivity contribution in [2.24, 2.45) is 5.92 Å². The molecule has 0 spiro atoms. The van der Waals surface area contributed by atoms with Gasteiger partial charge in [-0.1, -0.05) is 12.1 Å². The Morgan fingerprint density at radius 2 is 2.08 bits per heavy atom. The number of nitrogen functional groups attached to an aromatic ring is 1. The molecule has 26 heavy (non-hydrogen) atoms. The maximum absolute atomic E-state index is 13.9. The van der Waals surface area contributed by atoms with E-state index < -0.39 is 12.1 Å². The van der Waals surface area contributed by atoms with Crippen molar-refractivity contribution >= 4 is 28.2 Å². The van der Waals surface area contributed by atoms with Gasteiger partial charge in [-0.2, -0.15) is 0 Å². The summed E-state index contributed by atoms with van der Waals surface area (Å²) in [5, 5.41) is 4.13. The summed E-state index contributed by atoms with van der Waals surface area (Å²) in [5.74, 6) is -0.892. The number of nitrogens with one attached hydrogen (secondary N) is 1. The molecule has 0 unspecified atom stereocenters. The number of alkyl halides is 1. The van der Waals surface area contributed by atoms with Gasteiger partial charge >= 0.3 is 0 Å². The lowest BCUT2D eigenvalue weighted by Crippen LogP contribution is -2.15. The molecule has 4 rings (SSSR count). The van der Waals surface area contributed by atoms with Gasteiger partial charge in [0, 0.05) is 17.3 Å². The van der Waals surface area contributed by atoms with Gasteiger partial charge < -0.3 is 11.1 Å². The highest BCUT2D eigenvalue weighted by Crippen LogP contribution is 2.35. The number of hydrogen-bond acceptors (Lipinski definition) is 3. The second kappa shape index (κ2) is 6.05. The second-order valence-corrected chi connectivity index (χ2v) is 6.62. The zero-order valence-electron chi connectivity index (χ0n) is 14.1. The standard InChI is InChI=1S/C20H17F2N3O/c1-10-13(3-2-4-16(10)21)11-5-12-7-19(24-9-15(12)18(23)6-11)25-20(26)14-8-17(14)22/h2-7,9,14,17H,8,23H2,1H3,(H,24,25,26)/t14-,17+/m0/s1. The van der Waals surface area contributed by atoms with Crippen LogP contribution in [0.2, 0.25) is 0 Å². The molecule has 1 fully saturated rings. The summed E-state index contributed by atoms with van der Waals surface area (Å²) in [6.45, 7) is 1.71. The van der Waals surface area contributed by atoms with Gasteiger partial charge in [-0.15, -0.1) is 0 Å². The predicted molar refractivity (Wildman–Crippen MR) is 97.9 cm³/mol. The summed E-state index contributed by atoms with van der Waals surface area (Å²) < 4.78 is 26.9. The molecule has 3 aromatic rings. The first kappa shape index (κ1) is 16.4. The summed E-state index contributed by atoms with van der Waals surface area (Å²) in [6.07, 6.45) is 0.770. The number of aromatic nitrogens is 1. The second-order valence-electron chi connectivity index (χ2n) is 6.62. The van der Waals surface area contributed by atoms with Crippen LogP contribution in [0.25, 0.3) is 21.9 Å². The number of anilines is 2. The Kier molecular flexibility index (Phi) is 3.83. The molecule has 0 aliphatic heterocycles. The van der Waals surface area contributed by atoms with E-state index >= 15 is 0 Å². The molecule has 1 aromatic heterocycles. The van der Waals surface area contributed by atoms with Crippen LogP contribution in [-0.2, 0) is 4.79 Å². The van der Waals surface area contributed by atoms with Crippen molar-refractivity contribution in [1.82, 2.24) is 4.98 Å². The van der Waals surface area contributed by atoms with Crippen molar-refractivity contribution in [3.8, 4) is 11.1 Å². The Morgan fingerprint density at radius 1 is 1.31 bits per heavy atom. The number of halogens is 2. The van der Waals surface area contributed by atoms with Crippen LogP contribution in [0.5, 0.6) is 0 Å². The van der Waals surface area contributed by atoms with Crippen molar-refractivity contribution in [1.29, 1.82) is 0 Å². The highest BCUT2D eigenvalue weighted by molar-refractivity contribution is 6.00. The van der Waals surface area contributed by atoms with Gasteiger partial charge in [0.2, 0.25) is 5.91 Å². The molecule has 1 aliphatic carbocycles. The van der Waals surface area contributed by atoms with E-state index in [4.69, 9.17) is 5.73 Å². The molecule has 0 saturated heterocycles. The number of nitrogens with zero attached hydrogens (tertiary/aromatic N) is 1. The number of fused-ring (bicyclic) bond motifs is 1. The van der Waals surface area contributed by atoms with Crippen LogP contribution >= 0.6 is 0 Å².